The Morgan fingerprint density at radius 3 is 1.54 bits per heavy atom. The summed E-state index contributed by atoms with van der Waals surface area (Å²) in [4.78, 5) is 0. The van der Waals surface area contributed by atoms with Crippen LogP contribution in [-0.2, 0) is 18.8 Å². The summed E-state index contributed by atoms with van der Waals surface area (Å²) >= 11 is 0. The number of hydrogen-bond acceptors (Lipinski definition) is 4. The van der Waals surface area contributed by atoms with Gasteiger partial charge >= 0.3 is 10.4 Å². The van der Waals surface area contributed by atoms with E-state index in [1.165, 1.54) is 0 Å². The summed E-state index contributed by atoms with van der Waals surface area (Å²) in [5.74, 6) is 0. The van der Waals surface area contributed by atoms with Crippen LogP contribution in [0.5, 0.6) is 0 Å². The maximum atomic E-state index is 11.1. The van der Waals surface area contributed by atoms with Gasteiger partial charge in [-0.15, -0.1) is 0 Å². The lowest BCUT2D eigenvalue weighted by Gasteiger charge is -2.13. The molecule has 0 aromatic rings. The lowest BCUT2D eigenvalue weighted by atomic mass is 10.3. The fourth-order valence-electron chi connectivity index (χ4n) is 0.561. The molecule has 2 unspecified atom stereocenters. The quantitative estimate of drug-likeness (QED) is 0.671. The Hall–Kier alpha value is -0.130. The Morgan fingerprint density at radius 1 is 1.00 bits per heavy atom. The molecule has 13 heavy (non-hydrogen) atoms. The monoisotopic (exact) mass is 210 g/mol. The third-order valence-electron chi connectivity index (χ3n) is 1.71. The van der Waals surface area contributed by atoms with E-state index in [4.69, 9.17) is 8.37 Å². The van der Waals surface area contributed by atoms with Crippen LogP contribution in [0.4, 0.5) is 0 Å². The van der Waals surface area contributed by atoms with E-state index in [1.54, 1.807) is 13.8 Å². The van der Waals surface area contributed by atoms with Crippen molar-refractivity contribution < 1.29 is 16.8 Å². The van der Waals surface area contributed by atoms with Crippen molar-refractivity contribution in [2.45, 2.75) is 52.7 Å². The molecule has 0 aromatic heterocycles. The predicted octanol–water partition coefficient (Wildman–Crippen LogP) is 1.86. The first-order valence-corrected chi connectivity index (χ1v) is 5.86. The van der Waals surface area contributed by atoms with Gasteiger partial charge in [0.15, 0.2) is 0 Å². The summed E-state index contributed by atoms with van der Waals surface area (Å²) < 4.78 is 31.7. The summed E-state index contributed by atoms with van der Waals surface area (Å²) in [5, 5.41) is 0. The minimum atomic E-state index is -3.80. The molecule has 0 aliphatic heterocycles. The molecule has 0 saturated heterocycles. The normalized spacial score (nSPS) is 16.9. The zero-order valence-corrected chi connectivity index (χ0v) is 9.43. The van der Waals surface area contributed by atoms with Crippen molar-refractivity contribution in [1.29, 1.82) is 0 Å². The van der Waals surface area contributed by atoms with Crippen LogP contribution in [0.3, 0.4) is 0 Å². The average molecular weight is 210 g/mol. The molecule has 0 amide bonds. The Morgan fingerprint density at radius 2 is 1.31 bits per heavy atom. The molecular formula is C8H18O4S. The van der Waals surface area contributed by atoms with Crippen LogP contribution in [-0.4, -0.2) is 20.6 Å². The van der Waals surface area contributed by atoms with Gasteiger partial charge in [0, 0.05) is 0 Å². The van der Waals surface area contributed by atoms with Gasteiger partial charge in [0.2, 0.25) is 0 Å². The molecule has 4 nitrogen and oxygen atoms in total. The van der Waals surface area contributed by atoms with Gasteiger partial charge in [0.25, 0.3) is 0 Å². The van der Waals surface area contributed by atoms with Crippen LogP contribution in [0.15, 0.2) is 0 Å². The second kappa shape index (κ2) is 5.57. The summed E-state index contributed by atoms with van der Waals surface area (Å²) in [6, 6.07) is 0. The first-order valence-electron chi connectivity index (χ1n) is 4.52. The maximum absolute atomic E-state index is 11.1. The fraction of sp³-hybridized carbons (Fsp3) is 1.00. The molecule has 0 aromatic carbocycles. The van der Waals surface area contributed by atoms with E-state index in [2.05, 4.69) is 0 Å². The highest BCUT2D eigenvalue weighted by atomic mass is 32.3. The van der Waals surface area contributed by atoms with Crippen LogP contribution in [0.1, 0.15) is 40.5 Å². The molecule has 0 bridgehead atoms. The minimum Gasteiger partial charge on any atom is -0.245 e. The second-order valence-electron chi connectivity index (χ2n) is 3.04. The van der Waals surface area contributed by atoms with Crippen molar-refractivity contribution >= 4 is 10.4 Å². The van der Waals surface area contributed by atoms with E-state index in [1.807, 2.05) is 13.8 Å². The van der Waals surface area contributed by atoms with Gasteiger partial charge in [-0.25, -0.2) is 8.37 Å². The molecule has 0 heterocycles. The van der Waals surface area contributed by atoms with Crippen LogP contribution >= 0.6 is 0 Å². The van der Waals surface area contributed by atoms with E-state index in [-0.39, 0.29) is 12.2 Å². The molecule has 0 aliphatic carbocycles. The molecule has 0 N–H and O–H groups in total. The molecule has 0 rings (SSSR count). The third-order valence-corrected chi connectivity index (χ3v) is 2.84. The van der Waals surface area contributed by atoms with Gasteiger partial charge in [-0.05, 0) is 26.7 Å². The van der Waals surface area contributed by atoms with Crippen LogP contribution in [0.25, 0.3) is 0 Å². The zero-order chi connectivity index (χ0) is 10.5. The van der Waals surface area contributed by atoms with Gasteiger partial charge in [0.05, 0.1) is 12.2 Å². The molecule has 2 atom stereocenters. The second-order valence-corrected chi connectivity index (χ2v) is 4.24. The summed E-state index contributed by atoms with van der Waals surface area (Å²) in [7, 11) is -3.80. The van der Waals surface area contributed by atoms with Gasteiger partial charge in [-0.1, -0.05) is 13.8 Å². The minimum absolute atomic E-state index is 0.325. The van der Waals surface area contributed by atoms with Gasteiger partial charge < -0.3 is 0 Å². The third kappa shape index (κ3) is 6.01. The van der Waals surface area contributed by atoms with Crippen molar-refractivity contribution in [1.82, 2.24) is 0 Å². The maximum Gasteiger partial charge on any atom is 0.400 e. The van der Waals surface area contributed by atoms with E-state index >= 15 is 0 Å². The lowest BCUT2D eigenvalue weighted by molar-refractivity contribution is 0.134. The van der Waals surface area contributed by atoms with Crippen molar-refractivity contribution in [2.75, 3.05) is 0 Å². The Labute approximate surface area is 80.6 Å². The molecule has 0 radical (unpaired) electrons. The topological polar surface area (TPSA) is 52.6 Å². The first-order chi connectivity index (χ1) is 5.91. The lowest BCUT2D eigenvalue weighted by Crippen LogP contribution is -2.21. The van der Waals surface area contributed by atoms with Crippen molar-refractivity contribution in [3.63, 3.8) is 0 Å². The molecular weight excluding hydrogens is 192 g/mol. The highest BCUT2D eigenvalue weighted by Gasteiger charge is 2.18. The van der Waals surface area contributed by atoms with Crippen molar-refractivity contribution in [3.8, 4) is 0 Å². The average Bonchev–Trinajstić information content (AvgIpc) is 2.02. The molecule has 0 fully saturated rings. The van der Waals surface area contributed by atoms with Gasteiger partial charge in [-0.2, -0.15) is 8.42 Å². The smallest absolute Gasteiger partial charge is 0.245 e. The molecule has 0 spiro atoms. The molecule has 5 heteroatoms. The van der Waals surface area contributed by atoms with Crippen LogP contribution in [0.2, 0.25) is 0 Å². The van der Waals surface area contributed by atoms with Gasteiger partial charge in [-0.3, -0.25) is 0 Å². The first kappa shape index (κ1) is 12.9. The van der Waals surface area contributed by atoms with E-state index < -0.39 is 10.4 Å². The largest absolute Gasteiger partial charge is 0.400 e. The molecule has 0 aliphatic rings. The Kier molecular flexibility index (Phi) is 5.51. The standard InChI is InChI=1S/C8H18O4S/c1-5-7(3)11-13(9,10)12-8(4)6-2/h7-8H,5-6H2,1-4H3. The van der Waals surface area contributed by atoms with Crippen LogP contribution < -0.4 is 0 Å². The fourth-order valence-corrected chi connectivity index (χ4v) is 1.68. The molecule has 0 saturated carbocycles. The van der Waals surface area contributed by atoms with Crippen molar-refractivity contribution in [2.24, 2.45) is 0 Å². The zero-order valence-electron chi connectivity index (χ0n) is 8.61. The summed E-state index contributed by atoms with van der Waals surface area (Å²) in [6.45, 7) is 7.09. The van der Waals surface area contributed by atoms with Gasteiger partial charge in [0.1, 0.15) is 0 Å². The number of rotatable bonds is 6. The van der Waals surface area contributed by atoms with E-state index in [9.17, 15) is 8.42 Å². The predicted molar refractivity (Wildman–Crippen MR) is 50.6 cm³/mol. The SMILES string of the molecule is CCC(C)OS(=O)(=O)OC(C)CC. The summed E-state index contributed by atoms with van der Waals surface area (Å²) in [6.07, 6.45) is 0.634. The summed E-state index contributed by atoms with van der Waals surface area (Å²) in [5.41, 5.74) is 0. The van der Waals surface area contributed by atoms with E-state index in [0.717, 1.165) is 0 Å². The van der Waals surface area contributed by atoms with Crippen molar-refractivity contribution in [3.05, 3.63) is 0 Å². The Bertz CT molecular complexity index is 204. The van der Waals surface area contributed by atoms with Crippen LogP contribution in [0, 0.1) is 0 Å². The highest BCUT2D eigenvalue weighted by Crippen LogP contribution is 2.09. The Balaban J connectivity index is 4.09. The van der Waals surface area contributed by atoms with E-state index in [0.29, 0.717) is 12.8 Å². The number of hydrogen-bond donors (Lipinski definition) is 0. The highest BCUT2D eigenvalue weighted by molar-refractivity contribution is 7.81. The molecule has 80 valence electrons.